The Labute approximate surface area is 236 Å². The molecule has 0 aliphatic carbocycles. The first-order chi connectivity index (χ1) is 18.2. The Morgan fingerprint density at radius 3 is 2.23 bits per heavy atom. The van der Waals surface area contributed by atoms with Crippen LogP contribution in [0.5, 0.6) is 0 Å². The molecule has 1 heterocycles. The molecule has 3 heteroatoms. The van der Waals surface area contributed by atoms with Gasteiger partial charge in [0, 0.05) is 43.5 Å². The highest BCUT2D eigenvalue weighted by molar-refractivity contribution is 5.81. The second-order valence-corrected chi connectivity index (χ2v) is 13.0. The molecule has 3 rings (SSSR count). The molecule has 2 aromatic carbocycles. The predicted molar refractivity (Wildman–Crippen MR) is 164 cm³/mol. The Bertz CT molecular complexity index is 1230. The van der Waals surface area contributed by atoms with Gasteiger partial charge >= 0.3 is 0 Å². The van der Waals surface area contributed by atoms with Gasteiger partial charge in [-0.05, 0) is 71.9 Å². The molecule has 0 radical (unpaired) electrons. The highest BCUT2D eigenvalue weighted by Gasteiger charge is 2.45. The van der Waals surface area contributed by atoms with Crippen molar-refractivity contribution in [2.75, 3.05) is 19.6 Å². The van der Waals surface area contributed by atoms with Crippen molar-refractivity contribution in [3.8, 4) is 0 Å². The summed E-state index contributed by atoms with van der Waals surface area (Å²) in [5.74, 6) is 0.676. The van der Waals surface area contributed by atoms with Gasteiger partial charge in [0.05, 0.1) is 0 Å². The van der Waals surface area contributed by atoms with Crippen LogP contribution in [0.3, 0.4) is 0 Å². The van der Waals surface area contributed by atoms with E-state index in [2.05, 4.69) is 76.9 Å². The number of benzene rings is 2. The van der Waals surface area contributed by atoms with E-state index in [1.165, 1.54) is 11.1 Å². The second kappa shape index (κ2) is 12.6. The topological polar surface area (TPSA) is 20.3 Å². The summed E-state index contributed by atoms with van der Waals surface area (Å²) < 4.78 is 14.7. The first-order valence-corrected chi connectivity index (χ1v) is 14.4. The van der Waals surface area contributed by atoms with Gasteiger partial charge in [0.1, 0.15) is 11.6 Å². The number of hydrogen-bond donors (Lipinski definition) is 0. The number of ketones is 1. The minimum Gasteiger partial charge on any atom is -0.302 e. The maximum absolute atomic E-state index is 14.7. The molecular formula is C36H48FNO. The molecule has 1 fully saturated rings. The van der Waals surface area contributed by atoms with Crippen LogP contribution in [0.1, 0.15) is 82.6 Å². The molecule has 1 aliphatic rings. The Morgan fingerprint density at radius 2 is 1.67 bits per heavy atom. The number of Topliss-reactive ketones (excluding diaryl/α,β-unsaturated/α-hetero) is 1. The van der Waals surface area contributed by atoms with Crippen LogP contribution >= 0.6 is 0 Å². The van der Waals surface area contributed by atoms with Crippen LogP contribution in [-0.2, 0) is 10.2 Å². The fourth-order valence-electron chi connectivity index (χ4n) is 6.04. The summed E-state index contributed by atoms with van der Waals surface area (Å²) in [6, 6.07) is 13.9. The van der Waals surface area contributed by atoms with Crippen molar-refractivity contribution in [3.63, 3.8) is 0 Å². The van der Waals surface area contributed by atoms with E-state index in [-0.39, 0.29) is 16.6 Å². The summed E-state index contributed by atoms with van der Waals surface area (Å²) in [6.45, 7) is 26.3. The first kappa shape index (κ1) is 30.8. The zero-order chi connectivity index (χ0) is 29.0. The zero-order valence-corrected chi connectivity index (χ0v) is 25.3. The van der Waals surface area contributed by atoms with E-state index >= 15 is 0 Å². The number of nitrogens with zero attached hydrogens (tertiary/aromatic N) is 1. The molecule has 0 saturated carbocycles. The summed E-state index contributed by atoms with van der Waals surface area (Å²) in [5.41, 5.74) is 6.26. The molecule has 2 aromatic rings. The molecule has 0 bridgehead atoms. The Kier molecular flexibility index (Phi) is 9.93. The molecule has 2 nitrogen and oxygen atoms in total. The van der Waals surface area contributed by atoms with Crippen LogP contribution in [0.4, 0.5) is 4.39 Å². The average Bonchev–Trinajstić information content (AvgIpc) is 2.81. The largest absolute Gasteiger partial charge is 0.302 e. The van der Waals surface area contributed by atoms with Crippen molar-refractivity contribution < 1.29 is 9.18 Å². The molecule has 0 N–H and O–H groups in total. The van der Waals surface area contributed by atoms with Crippen molar-refractivity contribution in [3.05, 3.63) is 101 Å². The number of likely N-dealkylation sites (tertiary alicyclic amines) is 1. The van der Waals surface area contributed by atoms with Crippen molar-refractivity contribution in [2.24, 2.45) is 11.3 Å². The second-order valence-electron chi connectivity index (χ2n) is 13.0. The highest BCUT2D eigenvalue weighted by Crippen LogP contribution is 2.43. The van der Waals surface area contributed by atoms with Crippen LogP contribution in [0.25, 0.3) is 5.57 Å². The number of halogens is 1. The van der Waals surface area contributed by atoms with Gasteiger partial charge < -0.3 is 4.90 Å². The molecule has 210 valence electrons. The van der Waals surface area contributed by atoms with E-state index in [0.717, 1.165) is 48.3 Å². The molecule has 0 atom stereocenters. The molecule has 0 amide bonds. The minimum atomic E-state index is -0.217. The van der Waals surface area contributed by atoms with E-state index in [0.29, 0.717) is 36.5 Å². The number of aryl methyl sites for hydroxylation is 2. The highest BCUT2D eigenvalue weighted by atomic mass is 19.1. The number of carbonyl (C=O) groups excluding carboxylic acids is 1. The lowest BCUT2D eigenvalue weighted by atomic mass is 9.68. The number of hydrogen-bond acceptors (Lipinski definition) is 2. The van der Waals surface area contributed by atoms with Gasteiger partial charge in [0.25, 0.3) is 0 Å². The third-order valence-electron chi connectivity index (χ3n) is 8.03. The van der Waals surface area contributed by atoms with Gasteiger partial charge in [0.15, 0.2) is 0 Å². The average molecular weight is 530 g/mol. The van der Waals surface area contributed by atoms with Gasteiger partial charge in [0.2, 0.25) is 0 Å². The number of rotatable bonds is 13. The van der Waals surface area contributed by atoms with E-state index in [4.69, 9.17) is 0 Å². The lowest BCUT2D eigenvalue weighted by molar-refractivity contribution is -0.126. The molecule has 0 spiro atoms. The van der Waals surface area contributed by atoms with Crippen LogP contribution in [0.15, 0.2) is 72.8 Å². The summed E-state index contributed by atoms with van der Waals surface area (Å²) in [7, 11) is 0. The molecule has 1 saturated heterocycles. The van der Waals surface area contributed by atoms with E-state index < -0.39 is 0 Å². The van der Waals surface area contributed by atoms with E-state index in [9.17, 15) is 9.18 Å². The monoisotopic (exact) mass is 529 g/mol. The Balaban J connectivity index is 1.75. The molecule has 39 heavy (non-hydrogen) atoms. The third-order valence-corrected chi connectivity index (χ3v) is 8.03. The fraction of sp³-hybridized carbons (Fsp3) is 0.472. The van der Waals surface area contributed by atoms with Crippen molar-refractivity contribution >= 4 is 11.4 Å². The van der Waals surface area contributed by atoms with Gasteiger partial charge in [-0.25, -0.2) is 4.39 Å². The Morgan fingerprint density at radius 1 is 1.05 bits per heavy atom. The summed E-state index contributed by atoms with van der Waals surface area (Å²) in [4.78, 5) is 16.0. The SMILES string of the molecule is C=C(/C=C(\CC)c1ccc(C)cc1F)C(=C)CC1(CC(=O)CC(C)(C)c2ccc(C)cc2)CN(CC(C)C)C1. The fourth-order valence-corrected chi connectivity index (χ4v) is 6.04. The van der Waals surface area contributed by atoms with Crippen LogP contribution < -0.4 is 0 Å². The number of carbonyl (C=O) groups is 1. The van der Waals surface area contributed by atoms with Crippen LogP contribution in [-0.4, -0.2) is 30.3 Å². The van der Waals surface area contributed by atoms with Gasteiger partial charge in [-0.15, -0.1) is 0 Å². The third kappa shape index (κ3) is 8.11. The molecule has 0 unspecified atom stereocenters. The quantitative estimate of drug-likeness (QED) is 0.241. The van der Waals surface area contributed by atoms with Crippen molar-refractivity contribution in [1.82, 2.24) is 4.90 Å². The van der Waals surface area contributed by atoms with Gasteiger partial charge in [-0.3, -0.25) is 4.79 Å². The standard InChI is InChI=1S/C36H48FNO/c1-10-30(33-16-13-27(5)17-34(33)37)18-28(6)29(7)19-36(23-38(24-36)22-25(2)3)21-32(39)20-35(8,9)31-14-11-26(4)12-15-31/h11-18,25H,6-7,10,19-24H2,1-5,8-9H3/b30-18+. The molecule has 0 aromatic heterocycles. The minimum absolute atomic E-state index is 0.134. The Hall–Kier alpha value is -2.78. The zero-order valence-electron chi connectivity index (χ0n) is 25.3. The van der Waals surface area contributed by atoms with Gasteiger partial charge in [-0.2, -0.15) is 0 Å². The maximum atomic E-state index is 14.7. The smallest absolute Gasteiger partial charge is 0.134 e. The van der Waals surface area contributed by atoms with Crippen molar-refractivity contribution in [2.45, 2.75) is 79.6 Å². The summed E-state index contributed by atoms with van der Waals surface area (Å²) in [5, 5.41) is 0. The van der Waals surface area contributed by atoms with E-state index in [1.54, 1.807) is 6.07 Å². The normalized spacial score (nSPS) is 15.8. The van der Waals surface area contributed by atoms with Crippen LogP contribution in [0, 0.1) is 31.0 Å². The summed E-state index contributed by atoms with van der Waals surface area (Å²) >= 11 is 0. The van der Waals surface area contributed by atoms with Gasteiger partial charge in [-0.1, -0.05) is 95.8 Å². The molecule has 1 aliphatic heterocycles. The summed E-state index contributed by atoms with van der Waals surface area (Å²) in [6.07, 6.45) is 4.46. The molecular weight excluding hydrogens is 481 g/mol. The lowest BCUT2D eigenvalue weighted by Gasteiger charge is -2.51. The lowest BCUT2D eigenvalue weighted by Crippen LogP contribution is -2.58. The maximum Gasteiger partial charge on any atom is 0.134 e. The number of allylic oxidation sites excluding steroid dienone is 4. The first-order valence-electron chi connectivity index (χ1n) is 14.4. The van der Waals surface area contributed by atoms with Crippen LogP contribution in [0.2, 0.25) is 0 Å². The van der Waals surface area contributed by atoms with Crippen molar-refractivity contribution in [1.29, 1.82) is 0 Å². The predicted octanol–water partition coefficient (Wildman–Crippen LogP) is 9.02. The van der Waals surface area contributed by atoms with E-state index in [1.807, 2.05) is 32.1 Å².